The third kappa shape index (κ3) is 3.88. The highest BCUT2D eigenvalue weighted by Crippen LogP contribution is 2.20. The fraction of sp³-hybridized carbons (Fsp3) is 0.261. The molecule has 0 spiro atoms. The molecule has 1 aliphatic carbocycles. The van der Waals surface area contributed by atoms with Crippen LogP contribution in [0, 0.1) is 0 Å². The summed E-state index contributed by atoms with van der Waals surface area (Å²) in [6.07, 6.45) is 8.84. The van der Waals surface area contributed by atoms with Gasteiger partial charge in [-0.3, -0.25) is 19.1 Å². The predicted octanol–water partition coefficient (Wildman–Crippen LogP) is 3.96. The summed E-state index contributed by atoms with van der Waals surface area (Å²) in [5, 5.41) is 3.06. The van der Waals surface area contributed by atoms with Crippen LogP contribution in [-0.4, -0.2) is 21.5 Å². The molecule has 0 saturated heterocycles. The molecule has 1 amide bonds. The van der Waals surface area contributed by atoms with E-state index in [0.29, 0.717) is 0 Å². The Hall–Kier alpha value is -3.21. The van der Waals surface area contributed by atoms with Gasteiger partial charge in [-0.2, -0.15) is 0 Å². The quantitative estimate of drug-likeness (QED) is 0.753. The molecule has 1 fully saturated rings. The van der Waals surface area contributed by atoms with Crippen molar-refractivity contribution in [3.8, 4) is 16.9 Å². The molecule has 142 valence electrons. The lowest BCUT2D eigenvalue weighted by Crippen LogP contribution is -2.39. The highest BCUT2D eigenvalue weighted by molar-refractivity contribution is 5.95. The molecule has 0 unspecified atom stereocenters. The average molecular weight is 373 g/mol. The van der Waals surface area contributed by atoms with Crippen molar-refractivity contribution in [3.63, 3.8) is 0 Å². The molecule has 1 saturated carbocycles. The zero-order valence-electron chi connectivity index (χ0n) is 15.7. The van der Waals surface area contributed by atoms with Crippen LogP contribution in [0.3, 0.4) is 0 Å². The predicted molar refractivity (Wildman–Crippen MR) is 110 cm³/mol. The number of carbonyl (C=O) groups excluding carboxylic acids is 1. The van der Waals surface area contributed by atoms with Crippen LogP contribution in [0.25, 0.3) is 16.9 Å². The van der Waals surface area contributed by atoms with E-state index in [1.807, 2.05) is 48.5 Å². The zero-order chi connectivity index (χ0) is 19.3. The number of nitrogens with one attached hydrogen (secondary N) is 1. The van der Waals surface area contributed by atoms with Gasteiger partial charge in [-0.05, 0) is 43.2 Å². The second-order valence-corrected chi connectivity index (χ2v) is 7.18. The second kappa shape index (κ2) is 8.21. The van der Waals surface area contributed by atoms with E-state index in [4.69, 9.17) is 0 Å². The number of benzene rings is 1. The van der Waals surface area contributed by atoms with Gasteiger partial charge in [0, 0.05) is 29.7 Å². The largest absolute Gasteiger partial charge is 0.349 e. The van der Waals surface area contributed by atoms with Crippen molar-refractivity contribution in [3.05, 3.63) is 82.9 Å². The van der Waals surface area contributed by atoms with Gasteiger partial charge in [0.2, 0.25) is 0 Å². The van der Waals surface area contributed by atoms with Crippen LogP contribution in [0.5, 0.6) is 0 Å². The van der Waals surface area contributed by atoms with Crippen LogP contribution in [0.15, 0.2) is 71.8 Å². The molecular formula is C23H23N3O2. The van der Waals surface area contributed by atoms with Gasteiger partial charge >= 0.3 is 0 Å². The van der Waals surface area contributed by atoms with Crippen molar-refractivity contribution in [2.24, 2.45) is 0 Å². The number of carbonyl (C=O) groups is 1. The van der Waals surface area contributed by atoms with Crippen LogP contribution in [-0.2, 0) is 0 Å². The molecule has 1 aliphatic rings. The van der Waals surface area contributed by atoms with E-state index in [2.05, 4.69) is 10.3 Å². The molecule has 2 aromatic heterocycles. The monoisotopic (exact) mass is 373 g/mol. The van der Waals surface area contributed by atoms with Crippen molar-refractivity contribution < 1.29 is 4.79 Å². The minimum absolute atomic E-state index is 0.143. The number of aromatic nitrogens is 2. The first-order valence-electron chi connectivity index (χ1n) is 9.77. The minimum Gasteiger partial charge on any atom is -0.349 e. The van der Waals surface area contributed by atoms with Gasteiger partial charge in [0.15, 0.2) is 0 Å². The van der Waals surface area contributed by atoms with E-state index in [0.717, 1.165) is 42.6 Å². The highest BCUT2D eigenvalue weighted by Gasteiger charge is 2.21. The average Bonchev–Trinajstić information content (AvgIpc) is 2.76. The van der Waals surface area contributed by atoms with Crippen LogP contribution < -0.4 is 10.9 Å². The number of hydrogen-bond donors (Lipinski definition) is 1. The standard InChI is InChI=1S/C23H23N3O2/c27-22(25-18-9-3-1-4-10-18)20-15-17(21-13-7-8-14-24-21)16-26(23(20)28)19-11-5-2-6-12-19/h2,5-8,11-16,18H,1,3-4,9-10H2,(H,25,27). The number of rotatable bonds is 4. The van der Waals surface area contributed by atoms with Crippen LogP contribution >= 0.6 is 0 Å². The van der Waals surface area contributed by atoms with E-state index < -0.39 is 0 Å². The maximum Gasteiger partial charge on any atom is 0.267 e. The lowest BCUT2D eigenvalue weighted by atomic mass is 9.95. The van der Waals surface area contributed by atoms with E-state index in [1.165, 1.54) is 11.0 Å². The molecule has 2 heterocycles. The van der Waals surface area contributed by atoms with Gasteiger partial charge < -0.3 is 5.32 Å². The number of amides is 1. The van der Waals surface area contributed by atoms with Crippen LogP contribution in [0.2, 0.25) is 0 Å². The molecule has 5 heteroatoms. The van der Waals surface area contributed by atoms with Gasteiger partial charge in [0.05, 0.1) is 5.69 Å². The number of hydrogen-bond acceptors (Lipinski definition) is 3. The van der Waals surface area contributed by atoms with Crippen molar-refractivity contribution in [2.75, 3.05) is 0 Å². The Morgan fingerprint density at radius 1 is 1.00 bits per heavy atom. The molecule has 4 rings (SSSR count). The number of para-hydroxylation sites is 1. The Bertz CT molecular complexity index is 1010. The van der Waals surface area contributed by atoms with E-state index >= 15 is 0 Å². The van der Waals surface area contributed by atoms with Gasteiger partial charge in [-0.1, -0.05) is 43.5 Å². The van der Waals surface area contributed by atoms with E-state index in [9.17, 15) is 9.59 Å². The first-order chi connectivity index (χ1) is 13.7. The Kier molecular flexibility index (Phi) is 5.33. The SMILES string of the molecule is O=C(NC1CCCCC1)c1cc(-c2ccccn2)cn(-c2ccccc2)c1=O. The topological polar surface area (TPSA) is 64.0 Å². The number of nitrogens with zero attached hydrogens (tertiary/aromatic N) is 2. The third-order valence-electron chi connectivity index (χ3n) is 5.20. The molecule has 5 nitrogen and oxygen atoms in total. The Morgan fingerprint density at radius 2 is 1.75 bits per heavy atom. The molecule has 0 atom stereocenters. The fourth-order valence-corrected chi connectivity index (χ4v) is 3.71. The first-order valence-corrected chi connectivity index (χ1v) is 9.77. The van der Waals surface area contributed by atoms with Gasteiger partial charge in [0.1, 0.15) is 5.56 Å². The Labute approximate surface area is 164 Å². The van der Waals surface area contributed by atoms with Gasteiger partial charge in [-0.25, -0.2) is 0 Å². The molecule has 1 aromatic carbocycles. The normalized spacial score (nSPS) is 14.6. The second-order valence-electron chi connectivity index (χ2n) is 7.18. The Morgan fingerprint density at radius 3 is 2.46 bits per heavy atom. The van der Waals surface area contributed by atoms with Gasteiger partial charge in [0.25, 0.3) is 11.5 Å². The lowest BCUT2D eigenvalue weighted by Gasteiger charge is -2.23. The smallest absolute Gasteiger partial charge is 0.267 e. The summed E-state index contributed by atoms with van der Waals surface area (Å²) in [5.41, 5.74) is 2.01. The number of pyridine rings is 2. The first kappa shape index (κ1) is 18.2. The molecule has 28 heavy (non-hydrogen) atoms. The third-order valence-corrected chi connectivity index (χ3v) is 5.20. The lowest BCUT2D eigenvalue weighted by molar-refractivity contribution is 0.0926. The summed E-state index contributed by atoms with van der Waals surface area (Å²) in [5.74, 6) is -0.306. The molecule has 0 aliphatic heterocycles. The highest BCUT2D eigenvalue weighted by atomic mass is 16.2. The summed E-state index contributed by atoms with van der Waals surface area (Å²) < 4.78 is 1.53. The summed E-state index contributed by atoms with van der Waals surface area (Å²) in [6, 6.07) is 16.8. The van der Waals surface area contributed by atoms with Gasteiger partial charge in [-0.15, -0.1) is 0 Å². The van der Waals surface area contributed by atoms with E-state index in [1.54, 1.807) is 18.5 Å². The summed E-state index contributed by atoms with van der Waals surface area (Å²) in [6.45, 7) is 0. The maximum absolute atomic E-state index is 13.1. The molecule has 1 N–H and O–H groups in total. The molecule has 0 radical (unpaired) electrons. The minimum atomic E-state index is -0.320. The van der Waals surface area contributed by atoms with Crippen molar-refractivity contribution >= 4 is 5.91 Å². The summed E-state index contributed by atoms with van der Waals surface area (Å²) in [7, 11) is 0. The van der Waals surface area contributed by atoms with Crippen molar-refractivity contribution in [2.45, 2.75) is 38.1 Å². The zero-order valence-corrected chi connectivity index (χ0v) is 15.7. The maximum atomic E-state index is 13.1. The van der Waals surface area contributed by atoms with Crippen LogP contribution in [0.4, 0.5) is 0 Å². The summed E-state index contributed by atoms with van der Waals surface area (Å²) in [4.78, 5) is 30.5. The molecule has 3 aromatic rings. The van der Waals surface area contributed by atoms with Crippen LogP contribution in [0.1, 0.15) is 42.5 Å². The van der Waals surface area contributed by atoms with E-state index in [-0.39, 0.29) is 23.1 Å². The molecular weight excluding hydrogens is 350 g/mol. The van der Waals surface area contributed by atoms with Crippen molar-refractivity contribution in [1.82, 2.24) is 14.9 Å². The fourth-order valence-electron chi connectivity index (χ4n) is 3.71. The summed E-state index contributed by atoms with van der Waals surface area (Å²) >= 11 is 0. The molecule has 0 bridgehead atoms. The Balaban J connectivity index is 1.78. The van der Waals surface area contributed by atoms with Crippen molar-refractivity contribution in [1.29, 1.82) is 0 Å².